The van der Waals surface area contributed by atoms with Gasteiger partial charge in [0.25, 0.3) is 0 Å². The van der Waals surface area contributed by atoms with E-state index in [0.29, 0.717) is 12.5 Å². The van der Waals surface area contributed by atoms with Crippen molar-refractivity contribution in [2.45, 2.75) is 70.4 Å². The molecular formula is C15H30N2OS. The minimum Gasteiger partial charge on any atom is -0.354 e. The fraction of sp³-hybridized carbons (Fsp3) is 0.933. The van der Waals surface area contributed by atoms with Gasteiger partial charge in [-0.15, -0.1) is 0 Å². The number of nitrogens with one attached hydrogen (secondary N) is 2. The molecule has 0 aliphatic heterocycles. The van der Waals surface area contributed by atoms with Gasteiger partial charge in [0.1, 0.15) is 0 Å². The summed E-state index contributed by atoms with van der Waals surface area (Å²) in [5.74, 6) is 2.50. The average molecular weight is 286 g/mol. The summed E-state index contributed by atoms with van der Waals surface area (Å²) in [6, 6.07) is 0.295. The quantitative estimate of drug-likeness (QED) is 0.674. The van der Waals surface area contributed by atoms with E-state index in [1.165, 1.54) is 19.3 Å². The summed E-state index contributed by atoms with van der Waals surface area (Å²) < 4.78 is 0. The molecule has 112 valence electrons. The van der Waals surface area contributed by atoms with Crippen LogP contribution in [0.1, 0.15) is 58.8 Å². The SMILES string of the molecule is CCSCCC(C)NC(=O)CC1(NC)CCCCC1. The van der Waals surface area contributed by atoms with Crippen LogP contribution >= 0.6 is 11.8 Å². The molecule has 2 N–H and O–H groups in total. The molecule has 1 atom stereocenters. The van der Waals surface area contributed by atoms with Crippen LogP contribution in [0.3, 0.4) is 0 Å². The number of amides is 1. The van der Waals surface area contributed by atoms with E-state index in [2.05, 4.69) is 24.5 Å². The van der Waals surface area contributed by atoms with Crippen LogP contribution in [0.2, 0.25) is 0 Å². The van der Waals surface area contributed by atoms with Crippen LogP contribution in [-0.4, -0.2) is 36.0 Å². The topological polar surface area (TPSA) is 41.1 Å². The number of rotatable bonds is 8. The van der Waals surface area contributed by atoms with E-state index in [4.69, 9.17) is 0 Å². The third-order valence-corrected chi connectivity index (χ3v) is 5.08. The number of thioether (sulfide) groups is 1. The van der Waals surface area contributed by atoms with Gasteiger partial charge in [-0.25, -0.2) is 0 Å². The lowest BCUT2D eigenvalue weighted by atomic mass is 9.79. The lowest BCUT2D eigenvalue weighted by Crippen LogP contribution is -2.49. The van der Waals surface area contributed by atoms with E-state index >= 15 is 0 Å². The molecule has 0 aromatic heterocycles. The van der Waals surface area contributed by atoms with Crippen LogP contribution in [0.15, 0.2) is 0 Å². The maximum atomic E-state index is 12.2. The second kappa shape index (κ2) is 8.85. The monoisotopic (exact) mass is 286 g/mol. The van der Waals surface area contributed by atoms with Crippen molar-refractivity contribution in [3.05, 3.63) is 0 Å². The molecule has 1 fully saturated rings. The predicted molar refractivity (Wildman–Crippen MR) is 84.7 cm³/mol. The van der Waals surface area contributed by atoms with E-state index in [0.717, 1.165) is 30.8 Å². The van der Waals surface area contributed by atoms with Gasteiger partial charge in [-0.2, -0.15) is 11.8 Å². The third-order valence-electron chi connectivity index (χ3n) is 4.15. The van der Waals surface area contributed by atoms with Crippen LogP contribution in [0.25, 0.3) is 0 Å². The van der Waals surface area contributed by atoms with Crippen molar-refractivity contribution in [2.24, 2.45) is 0 Å². The Morgan fingerprint density at radius 3 is 2.58 bits per heavy atom. The maximum absolute atomic E-state index is 12.2. The number of carbonyl (C=O) groups excluding carboxylic acids is 1. The molecule has 1 rings (SSSR count). The highest BCUT2D eigenvalue weighted by Gasteiger charge is 2.32. The average Bonchev–Trinajstić information content (AvgIpc) is 2.40. The molecule has 0 aromatic rings. The van der Waals surface area contributed by atoms with Crippen molar-refractivity contribution < 1.29 is 4.79 Å². The summed E-state index contributed by atoms with van der Waals surface area (Å²) >= 11 is 1.94. The summed E-state index contributed by atoms with van der Waals surface area (Å²) in [5.41, 5.74) is 0.0558. The summed E-state index contributed by atoms with van der Waals surface area (Å²) in [5, 5.41) is 6.56. The van der Waals surface area contributed by atoms with E-state index in [1.54, 1.807) is 0 Å². The van der Waals surface area contributed by atoms with Gasteiger partial charge in [0.05, 0.1) is 0 Å². The molecule has 0 saturated heterocycles. The first-order chi connectivity index (χ1) is 9.12. The molecular weight excluding hydrogens is 256 g/mol. The van der Waals surface area contributed by atoms with Crippen molar-refractivity contribution in [1.82, 2.24) is 10.6 Å². The fourth-order valence-corrected chi connectivity index (χ4v) is 3.66. The highest BCUT2D eigenvalue weighted by atomic mass is 32.2. The van der Waals surface area contributed by atoms with Gasteiger partial charge in [0.2, 0.25) is 5.91 Å². The van der Waals surface area contributed by atoms with Gasteiger partial charge in [0.15, 0.2) is 0 Å². The number of hydrogen-bond acceptors (Lipinski definition) is 3. The first kappa shape index (κ1) is 16.8. The van der Waals surface area contributed by atoms with Crippen LogP contribution in [0.5, 0.6) is 0 Å². The van der Waals surface area contributed by atoms with Crippen molar-refractivity contribution in [1.29, 1.82) is 0 Å². The number of hydrogen-bond donors (Lipinski definition) is 2. The van der Waals surface area contributed by atoms with Crippen LogP contribution in [0.4, 0.5) is 0 Å². The summed E-state index contributed by atoms with van der Waals surface area (Å²) in [4.78, 5) is 12.2. The zero-order valence-corrected chi connectivity index (χ0v) is 13.6. The minimum atomic E-state index is 0.0558. The first-order valence-corrected chi connectivity index (χ1v) is 8.83. The maximum Gasteiger partial charge on any atom is 0.222 e. The smallest absolute Gasteiger partial charge is 0.222 e. The standard InChI is InChI=1S/C15H30N2OS/c1-4-19-11-8-13(2)17-14(18)12-15(16-3)9-6-5-7-10-15/h13,16H,4-12H2,1-3H3,(H,17,18). The van der Waals surface area contributed by atoms with Gasteiger partial charge >= 0.3 is 0 Å². The highest BCUT2D eigenvalue weighted by molar-refractivity contribution is 7.99. The van der Waals surface area contributed by atoms with Gasteiger partial charge < -0.3 is 10.6 Å². The molecule has 19 heavy (non-hydrogen) atoms. The summed E-state index contributed by atoms with van der Waals surface area (Å²) in [6.45, 7) is 4.29. The second-order valence-electron chi connectivity index (χ2n) is 5.72. The van der Waals surface area contributed by atoms with E-state index in [9.17, 15) is 4.79 Å². The Morgan fingerprint density at radius 2 is 2.00 bits per heavy atom. The Labute approximate surface area is 122 Å². The summed E-state index contributed by atoms with van der Waals surface area (Å²) in [6.07, 6.45) is 7.78. The van der Waals surface area contributed by atoms with E-state index in [-0.39, 0.29) is 11.4 Å². The molecule has 1 aliphatic rings. The predicted octanol–water partition coefficient (Wildman–Crippen LogP) is 2.95. The second-order valence-corrected chi connectivity index (χ2v) is 7.12. The number of carbonyl (C=O) groups is 1. The highest BCUT2D eigenvalue weighted by Crippen LogP contribution is 2.30. The Morgan fingerprint density at radius 1 is 1.32 bits per heavy atom. The van der Waals surface area contributed by atoms with Gasteiger partial charge in [-0.1, -0.05) is 26.2 Å². The zero-order valence-electron chi connectivity index (χ0n) is 12.8. The Kier molecular flexibility index (Phi) is 7.84. The Bertz CT molecular complexity index is 265. The minimum absolute atomic E-state index is 0.0558. The molecule has 1 saturated carbocycles. The zero-order chi connectivity index (χ0) is 14.1. The molecule has 0 aromatic carbocycles. The van der Waals surface area contributed by atoms with E-state index < -0.39 is 0 Å². The molecule has 1 unspecified atom stereocenters. The normalized spacial score (nSPS) is 19.9. The third kappa shape index (κ3) is 6.17. The molecule has 4 heteroatoms. The van der Waals surface area contributed by atoms with Gasteiger partial charge in [-0.3, -0.25) is 4.79 Å². The van der Waals surface area contributed by atoms with Gasteiger partial charge in [-0.05, 0) is 44.7 Å². The molecule has 1 aliphatic carbocycles. The molecule has 1 amide bonds. The lowest BCUT2D eigenvalue weighted by molar-refractivity contribution is -0.123. The molecule has 3 nitrogen and oxygen atoms in total. The van der Waals surface area contributed by atoms with Crippen molar-refractivity contribution in [2.75, 3.05) is 18.6 Å². The van der Waals surface area contributed by atoms with Crippen LogP contribution in [-0.2, 0) is 4.79 Å². The van der Waals surface area contributed by atoms with E-state index in [1.807, 2.05) is 18.8 Å². The Hall–Kier alpha value is -0.220. The van der Waals surface area contributed by atoms with Crippen LogP contribution in [0, 0.1) is 0 Å². The fourth-order valence-electron chi connectivity index (χ4n) is 2.85. The summed E-state index contributed by atoms with van der Waals surface area (Å²) in [7, 11) is 2.00. The van der Waals surface area contributed by atoms with Gasteiger partial charge in [0, 0.05) is 18.0 Å². The Balaban J connectivity index is 2.32. The molecule has 0 spiro atoms. The largest absolute Gasteiger partial charge is 0.354 e. The molecule has 0 heterocycles. The lowest BCUT2D eigenvalue weighted by Gasteiger charge is -2.37. The molecule has 0 radical (unpaired) electrons. The van der Waals surface area contributed by atoms with Crippen molar-refractivity contribution >= 4 is 17.7 Å². The molecule has 0 bridgehead atoms. The van der Waals surface area contributed by atoms with Crippen molar-refractivity contribution in [3.8, 4) is 0 Å². The van der Waals surface area contributed by atoms with Crippen molar-refractivity contribution in [3.63, 3.8) is 0 Å². The first-order valence-electron chi connectivity index (χ1n) is 7.68. The van der Waals surface area contributed by atoms with Crippen LogP contribution < -0.4 is 10.6 Å².